The molecule has 2 N–H and O–H groups in total. The molecule has 2 aromatic carbocycles. The van der Waals surface area contributed by atoms with Crippen molar-refractivity contribution in [2.45, 2.75) is 19.0 Å². The number of imide groups is 1. The third kappa shape index (κ3) is 3.19. The largest absolute Gasteiger partial charge is 0.360 e. The Kier molecular flexibility index (Phi) is 4.62. The fourth-order valence-corrected chi connectivity index (χ4v) is 3.79. The van der Waals surface area contributed by atoms with Crippen LogP contribution in [0.3, 0.4) is 0 Å². The van der Waals surface area contributed by atoms with Gasteiger partial charge in [-0.1, -0.05) is 35.9 Å². The summed E-state index contributed by atoms with van der Waals surface area (Å²) in [7, 11) is 0. The normalized spacial score (nSPS) is 17.2. The number of H-pyrrole nitrogens is 1. The first-order valence-electron chi connectivity index (χ1n) is 8.14. The first-order valence-corrected chi connectivity index (χ1v) is 9.59. The van der Waals surface area contributed by atoms with Gasteiger partial charge in [0.25, 0.3) is 5.91 Å². The number of para-hydroxylation sites is 1. The SMILES string of the molecule is O=C1N[C@H](Cc2c[nH]c3c(Cl)cccc23)C(=O)N1Cc1ccc(I)cc1. The molecular weight excluding hydrogens is 465 g/mol. The second-order valence-electron chi connectivity index (χ2n) is 6.23. The molecule has 4 rings (SSSR count). The summed E-state index contributed by atoms with van der Waals surface area (Å²) in [6.07, 6.45) is 2.27. The van der Waals surface area contributed by atoms with Crippen LogP contribution in [0, 0.1) is 3.57 Å². The van der Waals surface area contributed by atoms with Gasteiger partial charge in [0.2, 0.25) is 0 Å². The number of aromatic amines is 1. The first-order chi connectivity index (χ1) is 12.5. The molecular formula is C19H15ClIN3O2. The summed E-state index contributed by atoms with van der Waals surface area (Å²) < 4.78 is 1.11. The third-order valence-electron chi connectivity index (χ3n) is 4.54. The lowest BCUT2D eigenvalue weighted by atomic mass is 10.0. The van der Waals surface area contributed by atoms with E-state index in [9.17, 15) is 9.59 Å². The molecule has 1 aromatic heterocycles. The number of carbonyl (C=O) groups excluding carboxylic acids is 2. The number of urea groups is 1. The maximum atomic E-state index is 12.7. The molecule has 0 aliphatic carbocycles. The van der Waals surface area contributed by atoms with Crippen molar-refractivity contribution in [2.75, 3.05) is 0 Å². The predicted octanol–water partition coefficient (Wildman–Crippen LogP) is 4.09. The van der Waals surface area contributed by atoms with Crippen LogP contribution in [0.5, 0.6) is 0 Å². The third-order valence-corrected chi connectivity index (χ3v) is 5.57. The van der Waals surface area contributed by atoms with Crippen LogP contribution in [0.1, 0.15) is 11.1 Å². The molecule has 1 aliphatic heterocycles. The van der Waals surface area contributed by atoms with Gasteiger partial charge in [0.15, 0.2) is 0 Å². The standard InChI is InChI=1S/C19H15ClIN3O2/c20-15-3-1-2-14-12(9-22-17(14)15)8-16-18(25)24(19(26)23-16)10-11-4-6-13(21)7-5-11/h1-7,9,16,22H,8,10H2,(H,23,26)/t16-/m1/s1. The highest BCUT2D eigenvalue weighted by Gasteiger charge is 2.38. The summed E-state index contributed by atoms with van der Waals surface area (Å²) in [5.74, 6) is -0.204. The Morgan fingerprint density at radius 3 is 2.65 bits per heavy atom. The monoisotopic (exact) mass is 479 g/mol. The van der Waals surface area contributed by atoms with E-state index in [0.717, 1.165) is 25.6 Å². The molecule has 1 aliphatic rings. The lowest BCUT2D eigenvalue weighted by Crippen LogP contribution is -2.32. The molecule has 3 amide bonds. The molecule has 7 heteroatoms. The fraction of sp³-hybridized carbons (Fsp3) is 0.158. The summed E-state index contributed by atoms with van der Waals surface area (Å²) in [6.45, 7) is 0.276. The van der Waals surface area contributed by atoms with Gasteiger partial charge in [-0.15, -0.1) is 0 Å². The van der Waals surface area contributed by atoms with Gasteiger partial charge in [-0.3, -0.25) is 9.69 Å². The Morgan fingerprint density at radius 2 is 1.88 bits per heavy atom. The molecule has 0 bridgehead atoms. The van der Waals surface area contributed by atoms with Crippen molar-refractivity contribution in [3.05, 3.63) is 68.4 Å². The number of halogens is 2. The maximum absolute atomic E-state index is 12.7. The molecule has 0 saturated carbocycles. The minimum Gasteiger partial charge on any atom is -0.360 e. The average molecular weight is 480 g/mol. The predicted molar refractivity (Wildman–Crippen MR) is 109 cm³/mol. The number of nitrogens with one attached hydrogen (secondary N) is 2. The van der Waals surface area contributed by atoms with Crippen LogP contribution in [0.2, 0.25) is 5.02 Å². The first kappa shape index (κ1) is 17.4. The van der Waals surface area contributed by atoms with Crippen molar-refractivity contribution in [3.63, 3.8) is 0 Å². The Bertz CT molecular complexity index is 1000. The minimum atomic E-state index is -0.565. The van der Waals surface area contributed by atoms with Gasteiger partial charge >= 0.3 is 6.03 Å². The van der Waals surface area contributed by atoms with E-state index in [4.69, 9.17) is 11.6 Å². The smallest absolute Gasteiger partial charge is 0.325 e. The van der Waals surface area contributed by atoms with E-state index in [1.807, 2.05) is 48.7 Å². The van der Waals surface area contributed by atoms with E-state index in [1.54, 1.807) is 0 Å². The lowest BCUT2D eigenvalue weighted by Gasteiger charge is -2.13. The fourth-order valence-electron chi connectivity index (χ4n) is 3.20. The van der Waals surface area contributed by atoms with Crippen LogP contribution < -0.4 is 5.32 Å². The summed E-state index contributed by atoms with van der Waals surface area (Å²) in [5, 5.41) is 4.40. The van der Waals surface area contributed by atoms with Gasteiger partial charge in [-0.05, 0) is 51.9 Å². The Hall–Kier alpha value is -2.06. The molecule has 1 atom stereocenters. The van der Waals surface area contributed by atoms with Crippen LogP contribution in [-0.4, -0.2) is 27.9 Å². The number of hydrogen-bond acceptors (Lipinski definition) is 2. The molecule has 5 nitrogen and oxygen atoms in total. The zero-order valence-electron chi connectivity index (χ0n) is 13.6. The molecule has 132 valence electrons. The van der Waals surface area contributed by atoms with E-state index in [2.05, 4.69) is 32.9 Å². The van der Waals surface area contributed by atoms with Gasteiger partial charge in [0.1, 0.15) is 6.04 Å². The molecule has 3 aromatic rings. The lowest BCUT2D eigenvalue weighted by molar-refractivity contribution is -0.127. The second-order valence-corrected chi connectivity index (χ2v) is 7.89. The van der Waals surface area contributed by atoms with E-state index in [1.165, 1.54) is 4.90 Å². The van der Waals surface area contributed by atoms with Gasteiger partial charge in [0, 0.05) is 21.6 Å². The van der Waals surface area contributed by atoms with E-state index < -0.39 is 6.04 Å². The van der Waals surface area contributed by atoms with Crippen LogP contribution in [-0.2, 0) is 17.8 Å². The highest BCUT2D eigenvalue weighted by atomic mass is 127. The van der Waals surface area contributed by atoms with Gasteiger partial charge < -0.3 is 10.3 Å². The number of fused-ring (bicyclic) bond motifs is 1. The number of aromatic nitrogens is 1. The molecule has 0 unspecified atom stereocenters. The van der Waals surface area contributed by atoms with Crippen molar-refractivity contribution >= 4 is 57.0 Å². The molecule has 0 spiro atoms. The molecule has 2 heterocycles. The van der Waals surface area contributed by atoms with E-state index in [0.29, 0.717) is 11.4 Å². The topological polar surface area (TPSA) is 65.2 Å². The van der Waals surface area contributed by atoms with E-state index in [-0.39, 0.29) is 18.5 Å². The van der Waals surface area contributed by atoms with Crippen molar-refractivity contribution in [1.29, 1.82) is 0 Å². The van der Waals surface area contributed by atoms with Crippen molar-refractivity contribution in [2.24, 2.45) is 0 Å². The van der Waals surface area contributed by atoms with Crippen molar-refractivity contribution < 1.29 is 9.59 Å². The van der Waals surface area contributed by atoms with Gasteiger partial charge in [-0.2, -0.15) is 0 Å². The number of nitrogens with zero attached hydrogens (tertiary/aromatic N) is 1. The average Bonchev–Trinajstić information content (AvgIpc) is 3.15. The van der Waals surface area contributed by atoms with E-state index >= 15 is 0 Å². The molecule has 1 fully saturated rings. The summed E-state index contributed by atoms with van der Waals surface area (Å²) in [5.41, 5.74) is 2.72. The highest BCUT2D eigenvalue weighted by Crippen LogP contribution is 2.27. The van der Waals surface area contributed by atoms with Gasteiger partial charge in [0.05, 0.1) is 17.1 Å². The summed E-state index contributed by atoms with van der Waals surface area (Å²) in [6, 6.07) is 12.5. The minimum absolute atomic E-state index is 0.204. The maximum Gasteiger partial charge on any atom is 0.325 e. The number of rotatable bonds is 4. The number of hydrogen-bond donors (Lipinski definition) is 2. The molecule has 1 saturated heterocycles. The summed E-state index contributed by atoms with van der Waals surface area (Å²) in [4.78, 5) is 29.4. The number of benzene rings is 2. The van der Waals surface area contributed by atoms with Crippen LogP contribution >= 0.6 is 34.2 Å². The Labute approximate surface area is 168 Å². The van der Waals surface area contributed by atoms with Crippen molar-refractivity contribution in [1.82, 2.24) is 15.2 Å². The quantitative estimate of drug-likeness (QED) is 0.437. The van der Waals surface area contributed by atoms with Crippen LogP contribution in [0.25, 0.3) is 10.9 Å². The molecule has 26 heavy (non-hydrogen) atoms. The zero-order valence-corrected chi connectivity index (χ0v) is 16.5. The summed E-state index contributed by atoms with van der Waals surface area (Å²) >= 11 is 8.41. The molecule has 0 radical (unpaired) electrons. The van der Waals surface area contributed by atoms with Crippen molar-refractivity contribution in [3.8, 4) is 0 Å². The zero-order chi connectivity index (χ0) is 18.3. The van der Waals surface area contributed by atoms with Gasteiger partial charge in [-0.25, -0.2) is 4.79 Å². The Morgan fingerprint density at radius 1 is 1.12 bits per heavy atom. The number of amides is 3. The van der Waals surface area contributed by atoms with Crippen LogP contribution in [0.4, 0.5) is 4.79 Å². The Balaban J connectivity index is 1.53. The second kappa shape index (κ2) is 6.92. The number of carbonyl (C=O) groups is 2. The highest BCUT2D eigenvalue weighted by molar-refractivity contribution is 14.1. The van der Waals surface area contributed by atoms with Crippen LogP contribution in [0.15, 0.2) is 48.7 Å².